The van der Waals surface area contributed by atoms with Gasteiger partial charge in [0.2, 0.25) is 5.78 Å². The second kappa shape index (κ2) is 12.4. The van der Waals surface area contributed by atoms with E-state index in [0.717, 1.165) is 19.1 Å². The van der Waals surface area contributed by atoms with Crippen molar-refractivity contribution in [2.45, 2.75) is 94.7 Å². The SMILES string of the molecule is CC(=O)OCC(=O)[C@@]12OC(C)(C)O[C@@H]1C[C@H]1[C@H](C[C@H](F)c3cc(OS(=O)(=O)C(F)(F)F)ccc3C)C(=O)[C@H](OS(=O)(=O)C(F)(F)F)C[C@@]12C. The van der Waals surface area contributed by atoms with Gasteiger partial charge < -0.3 is 18.4 Å². The summed E-state index contributed by atoms with van der Waals surface area (Å²) >= 11 is 0. The molecule has 0 N–H and O–H groups in total. The average molecular weight is 757 g/mol. The van der Waals surface area contributed by atoms with E-state index in [9.17, 15) is 57.6 Å². The lowest BCUT2D eigenvalue weighted by Gasteiger charge is -2.50. The van der Waals surface area contributed by atoms with Crippen LogP contribution < -0.4 is 4.18 Å². The number of hydrogen-bond donors (Lipinski definition) is 0. The van der Waals surface area contributed by atoms with E-state index in [1.807, 2.05) is 0 Å². The Morgan fingerprint density at radius 2 is 1.61 bits per heavy atom. The van der Waals surface area contributed by atoms with E-state index in [2.05, 4.69) is 8.37 Å². The van der Waals surface area contributed by atoms with Gasteiger partial charge in [0.1, 0.15) is 18.0 Å². The van der Waals surface area contributed by atoms with Gasteiger partial charge in [-0.05, 0) is 69.2 Å². The molecule has 12 nitrogen and oxygen atoms in total. The van der Waals surface area contributed by atoms with E-state index in [-0.39, 0.29) is 12.0 Å². The zero-order valence-corrected chi connectivity index (χ0v) is 27.9. The molecule has 276 valence electrons. The molecule has 2 aliphatic carbocycles. The molecular weight excluding hydrogens is 725 g/mol. The van der Waals surface area contributed by atoms with E-state index in [0.29, 0.717) is 6.07 Å². The smallest absolute Gasteiger partial charge is 0.458 e. The number of rotatable bonds is 10. The molecule has 0 bridgehead atoms. The number of ketones is 2. The molecule has 0 amide bonds. The number of ether oxygens (including phenoxy) is 3. The van der Waals surface area contributed by atoms with Crippen molar-refractivity contribution in [3.63, 3.8) is 0 Å². The van der Waals surface area contributed by atoms with E-state index < -0.39 is 127 Å². The van der Waals surface area contributed by atoms with Crippen molar-refractivity contribution in [3.05, 3.63) is 29.3 Å². The number of benzene rings is 1. The first-order chi connectivity index (χ1) is 22.1. The summed E-state index contributed by atoms with van der Waals surface area (Å²) in [7, 11) is -12.6. The Labute approximate surface area is 275 Å². The van der Waals surface area contributed by atoms with E-state index in [1.54, 1.807) is 0 Å². The van der Waals surface area contributed by atoms with Crippen LogP contribution in [0.3, 0.4) is 0 Å². The van der Waals surface area contributed by atoms with Crippen LogP contribution >= 0.6 is 0 Å². The van der Waals surface area contributed by atoms with E-state index >= 15 is 4.39 Å². The van der Waals surface area contributed by atoms with Gasteiger partial charge in [-0.2, -0.15) is 43.2 Å². The van der Waals surface area contributed by atoms with Crippen molar-refractivity contribution in [3.8, 4) is 5.75 Å². The lowest BCUT2D eigenvalue weighted by atomic mass is 9.56. The molecule has 2 saturated carbocycles. The van der Waals surface area contributed by atoms with Crippen LogP contribution in [0.15, 0.2) is 18.2 Å². The number of Topliss-reactive ketones (excluding diaryl/α,β-unsaturated/α-hetero) is 2. The van der Waals surface area contributed by atoms with Crippen molar-refractivity contribution in [1.29, 1.82) is 0 Å². The number of alkyl halides is 7. The fourth-order valence-corrected chi connectivity index (χ4v) is 8.16. The molecule has 7 atom stereocenters. The number of esters is 1. The van der Waals surface area contributed by atoms with E-state index in [1.165, 1.54) is 27.7 Å². The number of carbonyl (C=O) groups excluding carboxylic acids is 3. The maximum Gasteiger partial charge on any atom is 0.534 e. The fourth-order valence-electron chi connectivity index (χ4n) is 7.13. The fraction of sp³-hybridized carbons (Fsp3) is 0.679. The van der Waals surface area contributed by atoms with E-state index in [4.69, 9.17) is 14.2 Å². The minimum atomic E-state index is -6.44. The molecule has 1 aromatic carbocycles. The van der Waals surface area contributed by atoms with Crippen LogP contribution in [0.4, 0.5) is 30.7 Å². The predicted octanol–water partition coefficient (Wildman–Crippen LogP) is 4.50. The molecule has 1 aliphatic heterocycles. The maximum atomic E-state index is 16.2. The third kappa shape index (κ3) is 6.92. The van der Waals surface area contributed by atoms with Crippen molar-refractivity contribution >= 4 is 37.8 Å². The molecule has 1 heterocycles. The number of carbonyl (C=O) groups is 3. The van der Waals surface area contributed by atoms with Crippen molar-refractivity contribution in [2.24, 2.45) is 17.3 Å². The summed E-state index contributed by atoms with van der Waals surface area (Å²) in [6.07, 6.45) is -8.15. The van der Waals surface area contributed by atoms with Gasteiger partial charge in [-0.3, -0.25) is 18.6 Å². The monoisotopic (exact) mass is 756 g/mol. The maximum absolute atomic E-state index is 16.2. The Morgan fingerprint density at radius 3 is 2.16 bits per heavy atom. The summed E-state index contributed by atoms with van der Waals surface area (Å²) < 4.78 is 168. The second-order valence-corrected chi connectivity index (χ2v) is 15.8. The molecule has 4 rings (SSSR count). The summed E-state index contributed by atoms with van der Waals surface area (Å²) in [5.41, 5.74) is -16.3. The number of hydrogen-bond acceptors (Lipinski definition) is 12. The zero-order chi connectivity index (χ0) is 37.3. The summed E-state index contributed by atoms with van der Waals surface area (Å²) in [5, 5.41) is 0. The summed E-state index contributed by atoms with van der Waals surface area (Å²) in [6.45, 7) is 5.43. The molecule has 0 aromatic heterocycles. The normalized spacial score (nSPS) is 30.7. The Bertz CT molecular complexity index is 1740. The molecule has 21 heteroatoms. The summed E-state index contributed by atoms with van der Waals surface area (Å²) in [4.78, 5) is 39.2. The largest absolute Gasteiger partial charge is 0.534 e. The quantitative estimate of drug-likeness (QED) is 0.142. The van der Waals surface area contributed by atoms with Gasteiger partial charge in [-0.1, -0.05) is 13.0 Å². The van der Waals surface area contributed by atoms with Crippen LogP contribution in [0.1, 0.15) is 64.3 Å². The van der Waals surface area contributed by atoms with Gasteiger partial charge in [0.15, 0.2) is 23.8 Å². The molecule has 3 fully saturated rings. The Balaban J connectivity index is 1.81. The number of aryl methyl sites for hydroxylation is 1. The molecule has 0 radical (unpaired) electrons. The molecule has 1 aromatic rings. The summed E-state index contributed by atoms with van der Waals surface area (Å²) in [6, 6.07) is 2.45. The number of halogens is 7. The minimum Gasteiger partial charge on any atom is -0.458 e. The highest BCUT2D eigenvalue weighted by molar-refractivity contribution is 7.88. The lowest BCUT2D eigenvalue weighted by molar-refractivity contribution is -0.214. The van der Waals surface area contributed by atoms with Gasteiger partial charge in [0, 0.05) is 18.3 Å². The van der Waals surface area contributed by atoms with Gasteiger partial charge >= 0.3 is 37.2 Å². The first-order valence-corrected chi connectivity index (χ1v) is 17.2. The van der Waals surface area contributed by atoms with Crippen LogP contribution in [0, 0.1) is 24.2 Å². The van der Waals surface area contributed by atoms with Crippen LogP contribution in [-0.4, -0.2) is 75.6 Å². The Morgan fingerprint density at radius 1 is 1.02 bits per heavy atom. The molecule has 49 heavy (non-hydrogen) atoms. The third-order valence-corrected chi connectivity index (χ3v) is 11.1. The highest BCUT2D eigenvalue weighted by Gasteiger charge is 2.76. The van der Waals surface area contributed by atoms with Crippen molar-refractivity contribution in [2.75, 3.05) is 6.61 Å². The third-order valence-electron chi connectivity index (χ3n) is 9.08. The van der Waals surface area contributed by atoms with Crippen LogP contribution in [0.5, 0.6) is 5.75 Å². The Kier molecular flexibility index (Phi) is 9.86. The highest BCUT2D eigenvalue weighted by atomic mass is 32.2. The van der Waals surface area contributed by atoms with Gasteiger partial charge in [-0.15, -0.1) is 0 Å². The highest BCUT2D eigenvalue weighted by Crippen LogP contribution is 2.66. The first-order valence-electron chi connectivity index (χ1n) is 14.4. The molecule has 1 saturated heterocycles. The topological polar surface area (TPSA) is 166 Å². The molecule has 3 aliphatic rings. The van der Waals surface area contributed by atoms with Gasteiger partial charge in [0.05, 0.1) is 6.10 Å². The van der Waals surface area contributed by atoms with Crippen molar-refractivity contribution < 1.29 is 84.5 Å². The lowest BCUT2D eigenvalue weighted by Crippen LogP contribution is -2.62. The number of fused-ring (bicyclic) bond motifs is 3. The second-order valence-electron chi connectivity index (χ2n) is 12.7. The molecule has 0 spiro atoms. The standard InChI is InChI=1S/C28H31F7O12S2/c1-13-6-7-15(45-48(39,40)27(30,31)32)8-16(13)19(29)9-17-18-10-22-26(47-24(3,4)44-22,21(37)12-43-14(2)36)25(18,5)11-20(23(17)38)46-49(41,42)28(33,34)35/h6-8,17-20,22H,9-12H2,1-5H3/t17-,18-,19-,20+,22+,25-,26+/m0/s1. The Hall–Kier alpha value is -2.88. The summed E-state index contributed by atoms with van der Waals surface area (Å²) in [5.74, 6) is -8.54. The minimum absolute atomic E-state index is 0.0347. The van der Waals surface area contributed by atoms with Crippen LogP contribution in [-0.2, 0) is 53.0 Å². The molecule has 0 unspecified atom stereocenters. The predicted molar refractivity (Wildman–Crippen MR) is 149 cm³/mol. The van der Waals surface area contributed by atoms with Crippen LogP contribution in [0.2, 0.25) is 0 Å². The van der Waals surface area contributed by atoms with Gasteiger partial charge in [-0.25, -0.2) is 4.39 Å². The van der Waals surface area contributed by atoms with Crippen molar-refractivity contribution in [1.82, 2.24) is 0 Å². The molecular formula is C28H31F7O12S2. The van der Waals surface area contributed by atoms with Gasteiger partial charge in [0.25, 0.3) is 0 Å². The zero-order valence-electron chi connectivity index (χ0n) is 26.3. The average Bonchev–Trinajstić information content (AvgIpc) is 3.34. The first kappa shape index (κ1) is 38.9. The van der Waals surface area contributed by atoms with Crippen LogP contribution in [0.25, 0.3) is 0 Å².